The van der Waals surface area contributed by atoms with Crippen molar-refractivity contribution in [2.24, 2.45) is 5.73 Å². The quantitative estimate of drug-likeness (QED) is 0.925. The van der Waals surface area contributed by atoms with Gasteiger partial charge in [-0.3, -0.25) is 0 Å². The molecule has 1 aliphatic rings. The molecule has 8 heteroatoms. The second kappa shape index (κ2) is 5.00. The van der Waals surface area contributed by atoms with E-state index in [2.05, 4.69) is 10.2 Å². The van der Waals surface area contributed by atoms with Crippen molar-refractivity contribution in [3.63, 3.8) is 0 Å². The molecule has 1 heterocycles. The molecular weight excluding hydrogens is 267 g/mol. The number of aromatic nitrogens is 2. The van der Waals surface area contributed by atoms with E-state index in [1.54, 1.807) is 0 Å². The Morgan fingerprint density at radius 3 is 2.44 bits per heavy atom. The van der Waals surface area contributed by atoms with E-state index in [-0.39, 0.29) is 11.8 Å². The lowest BCUT2D eigenvalue weighted by molar-refractivity contribution is -0.138. The van der Waals surface area contributed by atoms with Crippen LogP contribution in [0.15, 0.2) is 0 Å². The number of hydrogen-bond acceptors (Lipinski definition) is 5. The summed E-state index contributed by atoms with van der Waals surface area (Å²) < 4.78 is 42.1. The Hall–Kier alpha value is -0.890. The van der Waals surface area contributed by atoms with Gasteiger partial charge in [-0.2, -0.15) is 13.2 Å². The van der Waals surface area contributed by atoms with Gasteiger partial charge in [0, 0.05) is 0 Å². The van der Waals surface area contributed by atoms with E-state index < -0.39 is 16.7 Å². The van der Waals surface area contributed by atoms with Crippen molar-refractivity contribution >= 4 is 11.3 Å². The largest absolute Gasteiger partial charge is 0.467 e. The Balaban J connectivity index is 1.92. The topological polar surface area (TPSA) is 61.0 Å². The summed E-state index contributed by atoms with van der Waals surface area (Å²) in [7, 11) is 0. The molecule has 0 spiro atoms. The summed E-state index contributed by atoms with van der Waals surface area (Å²) in [5, 5.41) is 5.36. The van der Waals surface area contributed by atoms with Gasteiger partial charge in [0.25, 0.3) is 5.19 Å². The fraction of sp³-hybridized carbons (Fsp3) is 0.800. The minimum Gasteiger partial charge on any atom is -0.467 e. The third kappa shape index (κ3) is 3.32. The zero-order chi connectivity index (χ0) is 13.2. The average molecular weight is 281 g/mol. The van der Waals surface area contributed by atoms with Gasteiger partial charge in [-0.25, -0.2) is 0 Å². The molecule has 18 heavy (non-hydrogen) atoms. The van der Waals surface area contributed by atoms with Gasteiger partial charge in [-0.1, -0.05) is 35.7 Å². The highest BCUT2D eigenvalue weighted by molar-refractivity contribution is 7.13. The van der Waals surface area contributed by atoms with Crippen molar-refractivity contribution in [3.05, 3.63) is 5.01 Å². The van der Waals surface area contributed by atoms with Crippen molar-refractivity contribution in [1.29, 1.82) is 0 Å². The molecule has 0 unspecified atom stereocenters. The van der Waals surface area contributed by atoms with Gasteiger partial charge in [0.15, 0.2) is 0 Å². The summed E-state index contributed by atoms with van der Waals surface area (Å²) in [5.41, 5.74) is 5.67. The maximum atomic E-state index is 12.3. The van der Waals surface area contributed by atoms with Gasteiger partial charge < -0.3 is 10.5 Å². The normalized spacial score (nSPS) is 19.8. The molecule has 1 fully saturated rings. The van der Waals surface area contributed by atoms with Crippen LogP contribution >= 0.6 is 11.3 Å². The van der Waals surface area contributed by atoms with E-state index in [1.165, 1.54) is 0 Å². The van der Waals surface area contributed by atoms with Crippen LogP contribution in [0.5, 0.6) is 5.19 Å². The zero-order valence-corrected chi connectivity index (χ0v) is 10.5. The fourth-order valence-corrected chi connectivity index (χ4v) is 2.55. The first-order valence-electron chi connectivity index (χ1n) is 5.71. The number of nitrogens with two attached hydrogens (primary N) is 1. The molecule has 0 saturated heterocycles. The van der Waals surface area contributed by atoms with Crippen molar-refractivity contribution in [2.75, 3.05) is 6.61 Å². The Morgan fingerprint density at radius 1 is 1.22 bits per heavy atom. The minimum atomic E-state index is -4.47. The molecule has 0 radical (unpaired) electrons. The van der Waals surface area contributed by atoms with Crippen LogP contribution in [-0.4, -0.2) is 22.3 Å². The SMILES string of the molecule is NC1(COc2nnc(C(F)(F)F)s2)CCCCC1. The number of ether oxygens (including phenoxy) is 1. The van der Waals surface area contributed by atoms with Gasteiger partial charge in [-0.15, -0.1) is 5.10 Å². The van der Waals surface area contributed by atoms with E-state index in [0.29, 0.717) is 11.3 Å². The van der Waals surface area contributed by atoms with E-state index in [0.717, 1.165) is 32.1 Å². The third-order valence-corrected chi connectivity index (χ3v) is 3.86. The highest BCUT2D eigenvalue weighted by Crippen LogP contribution is 2.34. The van der Waals surface area contributed by atoms with Gasteiger partial charge >= 0.3 is 6.18 Å². The summed E-state index contributed by atoms with van der Waals surface area (Å²) >= 11 is 0.402. The predicted molar refractivity (Wildman–Crippen MR) is 60.4 cm³/mol. The fourth-order valence-electron chi connectivity index (χ4n) is 1.99. The molecule has 0 aliphatic heterocycles. The Labute approximate surface area is 106 Å². The first-order valence-corrected chi connectivity index (χ1v) is 6.53. The number of alkyl halides is 3. The number of rotatable bonds is 3. The molecule has 1 aromatic heterocycles. The van der Waals surface area contributed by atoms with E-state index in [4.69, 9.17) is 10.5 Å². The molecule has 2 rings (SSSR count). The smallest absolute Gasteiger partial charge is 0.445 e. The van der Waals surface area contributed by atoms with Crippen molar-refractivity contribution in [2.45, 2.75) is 43.8 Å². The summed E-state index contributed by atoms with van der Waals surface area (Å²) in [6.07, 6.45) is 0.407. The average Bonchev–Trinajstić information content (AvgIpc) is 2.76. The summed E-state index contributed by atoms with van der Waals surface area (Å²) in [4.78, 5) is 0. The molecule has 2 N–H and O–H groups in total. The second-order valence-corrected chi connectivity index (χ2v) is 5.52. The number of nitrogens with zero attached hydrogens (tertiary/aromatic N) is 2. The van der Waals surface area contributed by atoms with Crippen LogP contribution in [0, 0.1) is 0 Å². The molecule has 1 aliphatic carbocycles. The molecule has 0 amide bonds. The molecule has 0 bridgehead atoms. The molecule has 1 aromatic rings. The Morgan fingerprint density at radius 2 is 1.89 bits per heavy atom. The number of hydrogen-bond donors (Lipinski definition) is 1. The van der Waals surface area contributed by atoms with Gasteiger partial charge in [0.2, 0.25) is 5.01 Å². The minimum absolute atomic E-state index is 0.0716. The highest BCUT2D eigenvalue weighted by Gasteiger charge is 2.36. The molecular formula is C10H14F3N3OS. The standard InChI is InChI=1S/C10H14F3N3OS/c11-10(12,13)7-15-16-8(18-7)17-6-9(14)4-2-1-3-5-9/h1-6,14H2. The lowest BCUT2D eigenvalue weighted by Gasteiger charge is -2.32. The lowest BCUT2D eigenvalue weighted by Crippen LogP contribution is -2.47. The molecule has 0 atom stereocenters. The molecule has 102 valence electrons. The Kier molecular flexibility index (Phi) is 3.76. The van der Waals surface area contributed by atoms with Crippen LogP contribution in [0.25, 0.3) is 0 Å². The van der Waals surface area contributed by atoms with Gasteiger partial charge in [0.1, 0.15) is 6.61 Å². The molecule has 0 aromatic carbocycles. The first-order chi connectivity index (χ1) is 8.39. The maximum absolute atomic E-state index is 12.3. The molecule has 1 saturated carbocycles. The first kappa shape index (κ1) is 13.5. The van der Waals surface area contributed by atoms with Gasteiger partial charge in [0.05, 0.1) is 5.54 Å². The summed E-state index contributed by atoms with van der Waals surface area (Å²) in [6.45, 7) is 0.194. The monoisotopic (exact) mass is 281 g/mol. The van der Waals surface area contributed by atoms with Crippen LogP contribution in [0.1, 0.15) is 37.1 Å². The van der Waals surface area contributed by atoms with Crippen LogP contribution in [-0.2, 0) is 6.18 Å². The zero-order valence-electron chi connectivity index (χ0n) is 9.66. The van der Waals surface area contributed by atoms with Gasteiger partial charge in [-0.05, 0) is 12.8 Å². The number of halogens is 3. The van der Waals surface area contributed by atoms with Crippen LogP contribution in [0.4, 0.5) is 13.2 Å². The van der Waals surface area contributed by atoms with Crippen LogP contribution < -0.4 is 10.5 Å². The third-order valence-electron chi connectivity index (χ3n) is 2.98. The Bertz CT molecular complexity index is 401. The summed E-state index contributed by atoms with van der Waals surface area (Å²) in [5.74, 6) is 0. The van der Waals surface area contributed by atoms with Crippen molar-refractivity contribution < 1.29 is 17.9 Å². The van der Waals surface area contributed by atoms with Crippen LogP contribution in [0.3, 0.4) is 0 Å². The predicted octanol–water partition coefficient (Wildman–Crippen LogP) is 2.60. The van der Waals surface area contributed by atoms with E-state index in [1.807, 2.05) is 0 Å². The molecule has 4 nitrogen and oxygen atoms in total. The van der Waals surface area contributed by atoms with E-state index >= 15 is 0 Å². The van der Waals surface area contributed by atoms with E-state index in [9.17, 15) is 13.2 Å². The highest BCUT2D eigenvalue weighted by atomic mass is 32.1. The summed E-state index contributed by atoms with van der Waals surface area (Å²) in [6, 6.07) is 0. The maximum Gasteiger partial charge on any atom is 0.445 e. The second-order valence-electron chi connectivity index (χ2n) is 4.58. The van der Waals surface area contributed by atoms with Crippen LogP contribution in [0.2, 0.25) is 0 Å². The lowest BCUT2D eigenvalue weighted by atomic mass is 9.83. The van der Waals surface area contributed by atoms with Crippen molar-refractivity contribution in [1.82, 2.24) is 10.2 Å². The van der Waals surface area contributed by atoms with Crippen molar-refractivity contribution in [3.8, 4) is 5.19 Å².